The third kappa shape index (κ3) is 4.27. The van der Waals surface area contributed by atoms with Gasteiger partial charge in [0.25, 0.3) is 0 Å². The van der Waals surface area contributed by atoms with E-state index in [4.69, 9.17) is 5.73 Å². The van der Waals surface area contributed by atoms with Crippen LogP contribution in [0.3, 0.4) is 0 Å². The van der Waals surface area contributed by atoms with Gasteiger partial charge in [-0.2, -0.15) is 0 Å². The van der Waals surface area contributed by atoms with Crippen LogP contribution in [0.25, 0.3) is 0 Å². The Bertz CT molecular complexity index is 380. The Morgan fingerprint density at radius 3 is 2.32 bits per heavy atom. The highest BCUT2D eigenvalue weighted by molar-refractivity contribution is 5.77. The third-order valence-corrected chi connectivity index (χ3v) is 3.85. The minimum atomic E-state index is 0.0970. The Kier molecular flexibility index (Phi) is 6.40. The van der Waals surface area contributed by atoms with Crippen LogP contribution in [0.2, 0.25) is 0 Å². The number of hydrogen-bond acceptors (Lipinski definition) is 1. The van der Waals surface area contributed by atoms with Gasteiger partial charge in [0.2, 0.25) is 0 Å². The summed E-state index contributed by atoms with van der Waals surface area (Å²) >= 11 is 0. The Labute approximate surface area is 117 Å². The van der Waals surface area contributed by atoms with E-state index in [2.05, 4.69) is 61.4 Å². The van der Waals surface area contributed by atoms with Crippen LogP contribution < -0.4 is 11.1 Å². The van der Waals surface area contributed by atoms with E-state index in [-0.39, 0.29) is 5.41 Å². The van der Waals surface area contributed by atoms with Gasteiger partial charge in [0.1, 0.15) is 0 Å². The molecule has 0 spiro atoms. The number of hydrogen-bond donors (Lipinski definition) is 2. The zero-order chi connectivity index (χ0) is 14.1. The van der Waals surface area contributed by atoms with E-state index in [0.29, 0.717) is 5.96 Å². The molecule has 0 bridgehead atoms. The molecule has 0 atom stereocenters. The highest BCUT2D eigenvalue weighted by Crippen LogP contribution is 2.31. The van der Waals surface area contributed by atoms with Gasteiger partial charge in [-0.3, -0.25) is 4.99 Å². The minimum Gasteiger partial charge on any atom is -0.370 e. The second-order valence-corrected chi connectivity index (χ2v) is 4.98. The molecule has 0 aliphatic heterocycles. The number of nitrogens with two attached hydrogens (primary N) is 1. The molecule has 0 fully saturated rings. The van der Waals surface area contributed by atoms with Crippen LogP contribution in [0.1, 0.15) is 45.6 Å². The van der Waals surface area contributed by atoms with Crippen molar-refractivity contribution in [1.29, 1.82) is 0 Å². The number of nitrogens with zero attached hydrogens (tertiary/aromatic N) is 1. The maximum absolute atomic E-state index is 5.89. The van der Waals surface area contributed by atoms with E-state index in [1.807, 2.05) is 0 Å². The van der Waals surface area contributed by atoms with Gasteiger partial charge in [0, 0.05) is 12.0 Å². The van der Waals surface area contributed by atoms with Crippen molar-refractivity contribution in [1.82, 2.24) is 5.32 Å². The first-order valence-corrected chi connectivity index (χ1v) is 7.27. The number of benzene rings is 1. The molecule has 1 aromatic carbocycles. The van der Waals surface area contributed by atoms with E-state index in [1.165, 1.54) is 5.56 Å². The molecule has 0 radical (unpaired) electrons. The second-order valence-electron chi connectivity index (χ2n) is 4.98. The molecule has 0 saturated carbocycles. The SMILES string of the molecule is CCCNC(N)=NCC(CC)(CC)c1ccccc1. The largest absolute Gasteiger partial charge is 0.370 e. The van der Waals surface area contributed by atoms with Crippen LogP contribution in [0, 0.1) is 0 Å². The highest BCUT2D eigenvalue weighted by Gasteiger charge is 2.27. The number of nitrogens with one attached hydrogen (secondary N) is 1. The van der Waals surface area contributed by atoms with Gasteiger partial charge >= 0.3 is 0 Å². The van der Waals surface area contributed by atoms with E-state index >= 15 is 0 Å². The predicted molar refractivity (Wildman–Crippen MR) is 83.5 cm³/mol. The van der Waals surface area contributed by atoms with Crippen molar-refractivity contribution >= 4 is 5.96 Å². The zero-order valence-electron chi connectivity index (χ0n) is 12.4. The molecule has 1 aromatic rings. The molecule has 106 valence electrons. The fourth-order valence-corrected chi connectivity index (χ4v) is 2.31. The summed E-state index contributed by atoms with van der Waals surface area (Å²) in [6.45, 7) is 8.19. The van der Waals surface area contributed by atoms with Crippen LogP contribution in [-0.4, -0.2) is 19.0 Å². The van der Waals surface area contributed by atoms with Crippen LogP contribution in [0.15, 0.2) is 35.3 Å². The molecule has 3 N–H and O–H groups in total. The average molecular weight is 261 g/mol. The number of rotatable bonds is 7. The molecule has 1 rings (SSSR count). The molecule has 0 heterocycles. The molecule has 3 heteroatoms. The molecular formula is C16H27N3. The third-order valence-electron chi connectivity index (χ3n) is 3.85. The lowest BCUT2D eigenvalue weighted by Crippen LogP contribution is -2.35. The topological polar surface area (TPSA) is 50.4 Å². The van der Waals surface area contributed by atoms with Gasteiger partial charge in [-0.15, -0.1) is 0 Å². The van der Waals surface area contributed by atoms with Crippen molar-refractivity contribution in [2.75, 3.05) is 13.1 Å². The minimum absolute atomic E-state index is 0.0970. The summed E-state index contributed by atoms with van der Waals surface area (Å²) in [6.07, 6.45) is 3.19. The zero-order valence-corrected chi connectivity index (χ0v) is 12.4. The van der Waals surface area contributed by atoms with E-state index in [1.54, 1.807) is 0 Å². The van der Waals surface area contributed by atoms with Crippen molar-refractivity contribution in [3.63, 3.8) is 0 Å². The Hall–Kier alpha value is -1.51. The van der Waals surface area contributed by atoms with E-state index in [0.717, 1.165) is 32.4 Å². The van der Waals surface area contributed by atoms with Crippen LogP contribution >= 0.6 is 0 Å². The molecule has 0 saturated heterocycles. The lowest BCUT2D eigenvalue weighted by Gasteiger charge is -2.30. The van der Waals surface area contributed by atoms with Gasteiger partial charge in [0.05, 0.1) is 6.54 Å². The van der Waals surface area contributed by atoms with Gasteiger partial charge in [-0.05, 0) is 24.8 Å². The van der Waals surface area contributed by atoms with Gasteiger partial charge < -0.3 is 11.1 Å². The molecule has 0 aliphatic carbocycles. The summed E-state index contributed by atoms with van der Waals surface area (Å²) in [5, 5.41) is 3.13. The molecule has 0 amide bonds. The first-order chi connectivity index (χ1) is 9.18. The van der Waals surface area contributed by atoms with Gasteiger partial charge in [-0.1, -0.05) is 51.1 Å². The summed E-state index contributed by atoms with van der Waals surface area (Å²) in [5.74, 6) is 0.559. The number of aliphatic imine (C=N–C) groups is 1. The van der Waals surface area contributed by atoms with Crippen LogP contribution in [-0.2, 0) is 5.41 Å². The molecule has 3 nitrogen and oxygen atoms in total. The predicted octanol–water partition coefficient (Wildman–Crippen LogP) is 3.06. The summed E-state index contributed by atoms with van der Waals surface area (Å²) < 4.78 is 0. The summed E-state index contributed by atoms with van der Waals surface area (Å²) in [7, 11) is 0. The highest BCUT2D eigenvalue weighted by atomic mass is 15.1. The standard InChI is InChI=1S/C16H27N3/c1-4-12-18-15(17)19-13-16(5-2,6-3)14-10-8-7-9-11-14/h7-11H,4-6,12-13H2,1-3H3,(H3,17,18,19). The first-order valence-electron chi connectivity index (χ1n) is 7.27. The number of guanidine groups is 1. The lowest BCUT2D eigenvalue weighted by atomic mass is 9.76. The fourth-order valence-electron chi connectivity index (χ4n) is 2.31. The Balaban J connectivity index is 2.83. The molecule has 0 aliphatic rings. The molecular weight excluding hydrogens is 234 g/mol. The van der Waals surface area contributed by atoms with Gasteiger partial charge in [-0.25, -0.2) is 0 Å². The fraction of sp³-hybridized carbons (Fsp3) is 0.562. The summed E-state index contributed by atoms with van der Waals surface area (Å²) in [5.41, 5.74) is 7.34. The van der Waals surface area contributed by atoms with Gasteiger partial charge in [0.15, 0.2) is 5.96 Å². The van der Waals surface area contributed by atoms with Crippen molar-refractivity contribution in [3.8, 4) is 0 Å². The smallest absolute Gasteiger partial charge is 0.188 e. The maximum atomic E-state index is 5.89. The first kappa shape index (κ1) is 15.5. The summed E-state index contributed by atoms with van der Waals surface area (Å²) in [6, 6.07) is 10.6. The molecule has 19 heavy (non-hydrogen) atoms. The van der Waals surface area contributed by atoms with E-state index in [9.17, 15) is 0 Å². The lowest BCUT2D eigenvalue weighted by molar-refractivity contribution is 0.407. The maximum Gasteiger partial charge on any atom is 0.188 e. The van der Waals surface area contributed by atoms with Crippen molar-refractivity contribution < 1.29 is 0 Å². The molecule has 0 unspecified atom stereocenters. The monoisotopic (exact) mass is 261 g/mol. The average Bonchev–Trinajstić information content (AvgIpc) is 2.48. The van der Waals surface area contributed by atoms with Crippen molar-refractivity contribution in [2.45, 2.75) is 45.4 Å². The van der Waals surface area contributed by atoms with Crippen molar-refractivity contribution in [3.05, 3.63) is 35.9 Å². The van der Waals surface area contributed by atoms with E-state index < -0.39 is 0 Å². The van der Waals surface area contributed by atoms with Crippen LogP contribution in [0.4, 0.5) is 0 Å². The second kappa shape index (κ2) is 7.82. The van der Waals surface area contributed by atoms with Crippen molar-refractivity contribution in [2.24, 2.45) is 10.7 Å². The summed E-state index contributed by atoms with van der Waals surface area (Å²) in [4.78, 5) is 4.54. The van der Waals surface area contributed by atoms with Crippen LogP contribution in [0.5, 0.6) is 0 Å². The molecule has 0 aromatic heterocycles. The Morgan fingerprint density at radius 2 is 1.79 bits per heavy atom. The quantitative estimate of drug-likeness (QED) is 0.585. The Morgan fingerprint density at radius 1 is 1.16 bits per heavy atom. The normalized spacial score (nSPS) is 12.5.